The molecule has 8 nitrogen and oxygen atoms in total. The van der Waals surface area contributed by atoms with E-state index in [4.69, 9.17) is 9.47 Å². The maximum atomic E-state index is 13.4. The standard InChI is InChI=1S/C29H40N4O4/c1-5-21-18(3)19-15-24-26(21)32(17-19)10-9-22-23-16-20(37-28(34)31-13-11-30(4)12-14-31)7-8-25(23)33(27(22)24)29(35)36-6-2/h7-8,16,18-19,21,24,26H,5-6,9-15,17H2,1-4H3/t18-,19-,21?,24+,26?/m0/s1. The fourth-order valence-electron chi connectivity index (χ4n) is 7.82. The molecule has 200 valence electrons. The number of amides is 1. The number of carbonyl (C=O) groups excluding carboxylic acids is 2. The molecule has 3 saturated heterocycles. The highest BCUT2D eigenvalue weighted by atomic mass is 16.6. The summed E-state index contributed by atoms with van der Waals surface area (Å²) >= 11 is 0. The number of fused-ring (bicyclic) bond motifs is 4. The SMILES string of the molecule is CCOC(=O)n1c2c(c3cc(OC(=O)N4CCN(C)CC4)ccc31)CCN1C[C@@H]3C[C@@H]2C1C(CC)[C@H]3C. The van der Waals surface area contributed by atoms with Crippen LogP contribution in [0.15, 0.2) is 18.2 Å². The van der Waals surface area contributed by atoms with Gasteiger partial charge in [0.1, 0.15) is 5.75 Å². The summed E-state index contributed by atoms with van der Waals surface area (Å²) in [6, 6.07) is 6.19. The number of piperazine rings is 1. The number of rotatable bonds is 3. The summed E-state index contributed by atoms with van der Waals surface area (Å²) in [5.74, 6) is 2.85. The van der Waals surface area contributed by atoms with Crippen LogP contribution in [0.3, 0.4) is 0 Å². The van der Waals surface area contributed by atoms with E-state index in [1.807, 2.05) is 29.7 Å². The normalized spacial score (nSPS) is 31.2. The lowest BCUT2D eigenvalue weighted by molar-refractivity contribution is -0.0545. The van der Waals surface area contributed by atoms with Gasteiger partial charge in [-0.05, 0) is 68.3 Å². The third-order valence-electron chi connectivity index (χ3n) is 9.69. The van der Waals surface area contributed by atoms with Crippen LogP contribution in [0.1, 0.15) is 50.8 Å². The van der Waals surface area contributed by atoms with Crippen LogP contribution >= 0.6 is 0 Å². The van der Waals surface area contributed by atoms with Gasteiger partial charge in [0.2, 0.25) is 0 Å². The predicted octanol–water partition coefficient (Wildman–Crippen LogP) is 4.40. The molecule has 4 fully saturated rings. The van der Waals surface area contributed by atoms with Gasteiger partial charge >= 0.3 is 12.2 Å². The maximum Gasteiger partial charge on any atom is 0.418 e. The van der Waals surface area contributed by atoms with Gasteiger partial charge in [-0.3, -0.25) is 4.90 Å². The molecule has 8 heteroatoms. The third-order valence-corrected chi connectivity index (χ3v) is 9.69. The largest absolute Gasteiger partial charge is 0.449 e. The molecule has 2 aromatic rings. The van der Waals surface area contributed by atoms with Crippen LogP contribution < -0.4 is 4.74 Å². The molecule has 0 radical (unpaired) electrons. The molecule has 1 aromatic carbocycles. The zero-order valence-electron chi connectivity index (χ0n) is 22.6. The summed E-state index contributed by atoms with van der Waals surface area (Å²) in [6.45, 7) is 12.1. The Kier molecular flexibility index (Phi) is 6.43. The van der Waals surface area contributed by atoms with E-state index in [0.717, 1.165) is 62.0 Å². The predicted molar refractivity (Wildman–Crippen MR) is 142 cm³/mol. The van der Waals surface area contributed by atoms with Crippen LogP contribution in [0.25, 0.3) is 10.9 Å². The Bertz CT molecular complexity index is 1200. The van der Waals surface area contributed by atoms with Gasteiger partial charge < -0.3 is 19.3 Å². The zero-order chi connectivity index (χ0) is 25.8. The van der Waals surface area contributed by atoms with Crippen LogP contribution in [-0.2, 0) is 11.2 Å². The molecule has 37 heavy (non-hydrogen) atoms. The Hall–Kier alpha value is -2.58. The second-order valence-electron chi connectivity index (χ2n) is 11.5. The van der Waals surface area contributed by atoms with Crippen molar-refractivity contribution in [1.29, 1.82) is 0 Å². The Morgan fingerprint density at radius 3 is 2.57 bits per heavy atom. The van der Waals surface area contributed by atoms with Crippen molar-refractivity contribution in [2.45, 2.75) is 52.0 Å². The van der Waals surface area contributed by atoms with Crippen LogP contribution in [0.4, 0.5) is 9.59 Å². The first-order valence-electron chi connectivity index (χ1n) is 14.1. The number of likely N-dealkylation sites (N-methyl/N-ethyl adjacent to an activating group) is 1. The molecule has 4 aliphatic heterocycles. The quantitative estimate of drug-likeness (QED) is 0.612. The molecular weight excluding hydrogens is 468 g/mol. The molecule has 3 unspecified atom stereocenters. The lowest BCUT2D eigenvalue weighted by Gasteiger charge is -2.56. The van der Waals surface area contributed by atoms with Crippen LogP contribution in [0.2, 0.25) is 0 Å². The van der Waals surface area contributed by atoms with Gasteiger partial charge in [0.25, 0.3) is 0 Å². The molecule has 6 atom stereocenters. The van der Waals surface area contributed by atoms with E-state index in [-0.39, 0.29) is 12.2 Å². The number of ether oxygens (including phenoxy) is 2. The summed E-state index contributed by atoms with van der Waals surface area (Å²) in [4.78, 5) is 33.0. The molecular formula is C29H40N4O4. The molecule has 1 amide bonds. The highest BCUT2D eigenvalue weighted by Gasteiger charge is 2.53. The smallest absolute Gasteiger partial charge is 0.418 e. The topological polar surface area (TPSA) is 67.2 Å². The lowest BCUT2D eigenvalue weighted by Crippen LogP contribution is -2.59. The number of hydrogen-bond acceptors (Lipinski definition) is 6. The van der Waals surface area contributed by atoms with Crippen molar-refractivity contribution in [1.82, 2.24) is 19.3 Å². The van der Waals surface area contributed by atoms with E-state index in [1.165, 1.54) is 5.56 Å². The monoisotopic (exact) mass is 508 g/mol. The van der Waals surface area contributed by atoms with Gasteiger partial charge in [0.05, 0.1) is 12.1 Å². The van der Waals surface area contributed by atoms with E-state index in [1.54, 1.807) is 4.90 Å². The van der Waals surface area contributed by atoms with E-state index >= 15 is 0 Å². The van der Waals surface area contributed by atoms with Gasteiger partial charge in [-0.15, -0.1) is 0 Å². The fraction of sp³-hybridized carbons (Fsp3) is 0.655. The molecule has 1 saturated carbocycles. The number of piperidine rings is 2. The third kappa shape index (κ3) is 4.04. The molecule has 7 rings (SSSR count). The first-order chi connectivity index (χ1) is 17.9. The summed E-state index contributed by atoms with van der Waals surface area (Å²) in [5, 5.41) is 1.01. The molecule has 0 spiro atoms. The Morgan fingerprint density at radius 1 is 1.05 bits per heavy atom. The van der Waals surface area contributed by atoms with E-state index in [0.29, 0.717) is 55.2 Å². The molecule has 0 N–H and O–H groups in total. The Morgan fingerprint density at radius 2 is 1.84 bits per heavy atom. The highest BCUT2D eigenvalue weighted by Crippen LogP contribution is 2.54. The zero-order valence-corrected chi connectivity index (χ0v) is 22.6. The molecule has 5 aliphatic rings. The highest BCUT2D eigenvalue weighted by molar-refractivity contribution is 5.95. The minimum Gasteiger partial charge on any atom is -0.449 e. The van der Waals surface area contributed by atoms with Crippen molar-refractivity contribution in [3.8, 4) is 5.75 Å². The average molecular weight is 509 g/mol. The summed E-state index contributed by atoms with van der Waals surface area (Å²) in [6.07, 6.45) is 2.57. The van der Waals surface area contributed by atoms with Crippen LogP contribution in [0.5, 0.6) is 5.75 Å². The number of carbonyl (C=O) groups is 2. The number of hydrogen-bond donors (Lipinski definition) is 0. The summed E-state index contributed by atoms with van der Waals surface area (Å²) in [7, 11) is 2.07. The first kappa shape index (κ1) is 24.7. The summed E-state index contributed by atoms with van der Waals surface area (Å²) < 4.78 is 13.3. The van der Waals surface area contributed by atoms with Crippen molar-refractivity contribution < 1.29 is 19.1 Å². The Balaban J connectivity index is 1.41. The fourth-order valence-corrected chi connectivity index (χ4v) is 7.82. The molecule has 4 bridgehead atoms. The van der Waals surface area contributed by atoms with Gasteiger partial charge in [-0.2, -0.15) is 0 Å². The maximum absolute atomic E-state index is 13.4. The van der Waals surface area contributed by atoms with Crippen molar-refractivity contribution >= 4 is 23.1 Å². The van der Waals surface area contributed by atoms with Crippen molar-refractivity contribution in [2.75, 3.05) is 52.9 Å². The summed E-state index contributed by atoms with van der Waals surface area (Å²) in [5.41, 5.74) is 3.22. The van der Waals surface area contributed by atoms with Crippen molar-refractivity contribution in [3.63, 3.8) is 0 Å². The van der Waals surface area contributed by atoms with Gasteiger partial charge in [-0.1, -0.05) is 20.3 Å². The molecule has 1 aliphatic carbocycles. The average Bonchev–Trinajstić information content (AvgIpc) is 3.16. The number of benzene rings is 1. The van der Waals surface area contributed by atoms with Crippen LogP contribution in [0, 0.1) is 17.8 Å². The minimum absolute atomic E-state index is 0.299. The van der Waals surface area contributed by atoms with Gasteiger partial charge in [-0.25, -0.2) is 14.2 Å². The van der Waals surface area contributed by atoms with E-state index < -0.39 is 0 Å². The number of nitrogens with zero attached hydrogens (tertiary/aromatic N) is 4. The van der Waals surface area contributed by atoms with E-state index in [9.17, 15) is 9.59 Å². The van der Waals surface area contributed by atoms with E-state index in [2.05, 4.69) is 30.7 Å². The lowest BCUT2D eigenvalue weighted by atomic mass is 9.60. The number of aromatic nitrogens is 1. The second kappa shape index (κ2) is 9.62. The first-order valence-corrected chi connectivity index (χ1v) is 14.1. The van der Waals surface area contributed by atoms with Crippen molar-refractivity contribution in [2.24, 2.45) is 17.8 Å². The minimum atomic E-state index is -0.303. The molecule has 5 heterocycles. The van der Waals surface area contributed by atoms with Gasteiger partial charge in [0, 0.05) is 62.3 Å². The van der Waals surface area contributed by atoms with Crippen molar-refractivity contribution in [3.05, 3.63) is 29.5 Å². The van der Waals surface area contributed by atoms with Crippen LogP contribution in [-0.4, -0.2) is 90.4 Å². The van der Waals surface area contributed by atoms with Gasteiger partial charge in [0.15, 0.2) is 0 Å². The Labute approximate surface area is 219 Å². The second-order valence-corrected chi connectivity index (χ2v) is 11.5. The molecule has 1 aromatic heterocycles.